The summed E-state index contributed by atoms with van der Waals surface area (Å²) in [7, 11) is 0. The Balaban J connectivity index is 1.30. The molecule has 0 bridgehead atoms. The first-order valence-electron chi connectivity index (χ1n) is 7.34. The van der Waals surface area contributed by atoms with Crippen LogP contribution in [0.3, 0.4) is 0 Å². The van der Waals surface area contributed by atoms with Gasteiger partial charge in [-0.15, -0.1) is 0 Å². The van der Waals surface area contributed by atoms with Gasteiger partial charge in [0.05, 0.1) is 12.2 Å². The van der Waals surface area contributed by atoms with Crippen LogP contribution in [0.1, 0.15) is 18.4 Å². The molecule has 2 heterocycles. The minimum absolute atomic E-state index is 0.172. The lowest BCUT2D eigenvalue weighted by Crippen LogP contribution is -2.31. The number of carbonyl (C=O) groups is 1. The van der Waals surface area contributed by atoms with Crippen LogP contribution in [0.15, 0.2) is 30.3 Å². The van der Waals surface area contributed by atoms with Crippen LogP contribution in [-0.4, -0.2) is 36.3 Å². The summed E-state index contributed by atoms with van der Waals surface area (Å²) >= 11 is 0. The first-order valence-corrected chi connectivity index (χ1v) is 7.34. The highest BCUT2D eigenvalue weighted by atomic mass is 16.6. The highest BCUT2D eigenvalue weighted by Gasteiger charge is 2.57. The van der Waals surface area contributed by atoms with Crippen LogP contribution in [0, 0.1) is 11.8 Å². The first kappa shape index (κ1) is 12.2. The quantitative estimate of drug-likeness (QED) is 0.777. The Morgan fingerprint density at radius 3 is 2.50 bits per heavy atom. The standard InChI is InChI=1S/C16H19NO3/c18-15(19-10-12-4-2-1-3-5-12)17-8-13-6-16(11-20-16)7-14(13)9-17/h1-5,13-14H,6-11H2/t13-,14+,16+. The molecule has 1 spiro atoms. The molecule has 0 aromatic heterocycles. The summed E-state index contributed by atoms with van der Waals surface area (Å²) in [6.07, 6.45) is 2.08. The monoisotopic (exact) mass is 273 g/mol. The van der Waals surface area contributed by atoms with Gasteiger partial charge in [-0.25, -0.2) is 4.79 Å². The van der Waals surface area contributed by atoms with Crippen LogP contribution in [-0.2, 0) is 16.1 Å². The fourth-order valence-corrected chi connectivity index (χ4v) is 3.74. The average molecular weight is 273 g/mol. The zero-order valence-corrected chi connectivity index (χ0v) is 11.5. The Morgan fingerprint density at radius 2 is 1.90 bits per heavy atom. The van der Waals surface area contributed by atoms with Crippen molar-refractivity contribution in [3.8, 4) is 0 Å². The van der Waals surface area contributed by atoms with E-state index in [1.807, 2.05) is 35.2 Å². The second-order valence-electron chi connectivity index (χ2n) is 6.35. The highest BCUT2D eigenvalue weighted by molar-refractivity contribution is 5.68. The zero-order valence-electron chi connectivity index (χ0n) is 11.5. The molecule has 1 aliphatic carbocycles. The number of rotatable bonds is 2. The summed E-state index contributed by atoms with van der Waals surface area (Å²) in [5.74, 6) is 1.23. The van der Waals surface area contributed by atoms with Gasteiger partial charge in [-0.3, -0.25) is 0 Å². The number of ether oxygens (including phenoxy) is 2. The molecule has 1 aromatic rings. The molecule has 3 aliphatic rings. The Kier molecular flexibility index (Phi) is 2.74. The largest absolute Gasteiger partial charge is 0.445 e. The number of carbonyl (C=O) groups excluding carboxylic acids is 1. The first-order chi connectivity index (χ1) is 9.74. The van der Waals surface area contributed by atoms with E-state index in [4.69, 9.17) is 9.47 Å². The van der Waals surface area contributed by atoms with Crippen LogP contribution in [0.25, 0.3) is 0 Å². The molecule has 4 nitrogen and oxygen atoms in total. The maximum absolute atomic E-state index is 12.1. The van der Waals surface area contributed by atoms with Crippen LogP contribution in [0.5, 0.6) is 0 Å². The molecule has 0 N–H and O–H groups in total. The number of amides is 1. The molecule has 4 heteroatoms. The van der Waals surface area contributed by atoms with Crippen molar-refractivity contribution in [1.29, 1.82) is 0 Å². The molecule has 4 rings (SSSR count). The lowest BCUT2D eigenvalue weighted by Gasteiger charge is -2.18. The highest BCUT2D eigenvalue weighted by Crippen LogP contribution is 2.52. The number of hydrogen-bond acceptors (Lipinski definition) is 3. The molecule has 1 saturated carbocycles. The van der Waals surface area contributed by atoms with Crippen LogP contribution < -0.4 is 0 Å². The predicted octanol–water partition coefficient (Wildman–Crippen LogP) is 2.43. The van der Waals surface area contributed by atoms with Gasteiger partial charge >= 0.3 is 6.09 Å². The van der Waals surface area contributed by atoms with Gasteiger partial charge in [0.15, 0.2) is 0 Å². The number of epoxide rings is 1. The normalized spacial score (nSPS) is 34.3. The summed E-state index contributed by atoms with van der Waals surface area (Å²) in [5.41, 5.74) is 1.24. The number of hydrogen-bond donors (Lipinski definition) is 0. The van der Waals surface area contributed by atoms with E-state index >= 15 is 0 Å². The number of nitrogens with zero attached hydrogens (tertiary/aromatic N) is 1. The summed E-state index contributed by atoms with van der Waals surface area (Å²) in [5, 5.41) is 0. The molecule has 3 atom stereocenters. The molecule has 0 unspecified atom stereocenters. The van der Waals surface area contributed by atoms with E-state index in [1.54, 1.807) is 0 Å². The molecule has 2 aliphatic heterocycles. The van der Waals surface area contributed by atoms with Crippen molar-refractivity contribution in [2.45, 2.75) is 25.0 Å². The zero-order chi connectivity index (χ0) is 13.6. The third-order valence-corrected chi connectivity index (χ3v) is 4.86. The van der Waals surface area contributed by atoms with Crippen molar-refractivity contribution in [3.05, 3.63) is 35.9 Å². The number of fused-ring (bicyclic) bond motifs is 1. The molecule has 3 fully saturated rings. The average Bonchev–Trinajstić information content (AvgIpc) is 2.96. The maximum atomic E-state index is 12.1. The SMILES string of the molecule is O=C(OCc1ccccc1)N1C[C@@H]2C[C@]3(CO3)C[C@@H]2C1. The second-order valence-corrected chi connectivity index (χ2v) is 6.35. The van der Waals surface area contributed by atoms with Gasteiger partial charge in [0.25, 0.3) is 0 Å². The topological polar surface area (TPSA) is 42.1 Å². The number of likely N-dealkylation sites (tertiary alicyclic amines) is 1. The van der Waals surface area contributed by atoms with Gasteiger partial charge < -0.3 is 14.4 Å². The van der Waals surface area contributed by atoms with E-state index in [9.17, 15) is 4.79 Å². The van der Waals surface area contributed by atoms with Crippen molar-refractivity contribution < 1.29 is 14.3 Å². The predicted molar refractivity (Wildman–Crippen MR) is 73.1 cm³/mol. The van der Waals surface area contributed by atoms with Crippen molar-refractivity contribution in [1.82, 2.24) is 4.90 Å². The molecule has 1 amide bonds. The number of benzene rings is 1. The molecule has 2 saturated heterocycles. The Labute approximate surface area is 118 Å². The molecular formula is C16H19NO3. The van der Waals surface area contributed by atoms with Crippen LogP contribution in [0.2, 0.25) is 0 Å². The fourth-order valence-electron chi connectivity index (χ4n) is 3.74. The molecular weight excluding hydrogens is 254 g/mol. The van der Waals surface area contributed by atoms with Crippen molar-refractivity contribution in [2.75, 3.05) is 19.7 Å². The molecule has 1 aromatic carbocycles. The summed E-state index contributed by atoms with van der Waals surface area (Å²) in [4.78, 5) is 14.0. The summed E-state index contributed by atoms with van der Waals surface area (Å²) in [6, 6.07) is 9.82. The lowest BCUT2D eigenvalue weighted by molar-refractivity contribution is 0.100. The van der Waals surface area contributed by atoms with Crippen LogP contribution >= 0.6 is 0 Å². The van der Waals surface area contributed by atoms with E-state index < -0.39 is 0 Å². The lowest BCUT2D eigenvalue weighted by atomic mass is 10.0. The van der Waals surface area contributed by atoms with Gasteiger partial charge in [-0.2, -0.15) is 0 Å². The van der Waals surface area contributed by atoms with E-state index in [0.29, 0.717) is 18.4 Å². The smallest absolute Gasteiger partial charge is 0.410 e. The van der Waals surface area contributed by atoms with Crippen molar-refractivity contribution >= 4 is 6.09 Å². The van der Waals surface area contributed by atoms with Gasteiger partial charge in [0, 0.05) is 13.1 Å². The minimum atomic E-state index is -0.172. The second kappa shape index (κ2) is 4.48. The van der Waals surface area contributed by atoms with Crippen molar-refractivity contribution in [3.63, 3.8) is 0 Å². The third kappa shape index (κ3) is 2.18. The van der Waals surface area contributed by atoms with E-state index in [1.165, 1.54) is 0 Å². The maximum Gasteiger partial charge on any atom is 0.410 e. The van der Waals surface area contributed by atoms with Gasteiger partial charge in [-0.05, 0) is 30.2 Å². The Bertz CT molecular complexity index is 496. The Hall–Kier alpha value is -1.55. The van der Waals surface area contributed by atoms with Gasteiger partial charge in [-0.1, -0.05) is 30.3 Å². The molecule has 106 valence electrons. The van der Waals surface area contributed by atoms with Crippen LogP contribution in [0.4, 0.5) is 4.79 Å². The van der Waals surface area contributed by atoms with Gasteiger partial charge in [0.2, 0.25) is 0 Å². The Morgan fingerprint density at radius 1 is 1.25 bits per heavy atom. The minimum Gasteiger partial charge on any atom is -0.445 e. The third-order valence-electron chi connectivity index (χ3n) is 4.86. The molecule has 0 radical (unpaired) electrons. The summed E-state index contributed by atoms with van der Waals surface area (Å²) < 4.78 is 11.0. The summed E-state index contributed by atoms with van der Waals surface area (Å²) in [6.45, 7) is 2.96. The molecule has 20 heavy (non-hydrogen) atoms. The van der Waals surface area contributed by atoms with Crippen molar-refractivity contribution in [2.24, 2.45) is 11.8 Å². The van der Waals surface area contributed by atoms with E-state index in [2.05, 4.69) is 0 Å². The fraction of sp³-hybridized carbons (Fsp3) is 0.562. The van der Waals surface area contributed by atoms with Gasteiger partial charge in [0.1, 0.15) is 6.61 Å². The van der Waals surface area contributed by atoms with E-state index in [0.717, 1.165) is 38.1 Å². The van der Waals surface area contributed by atoms with E-state index in [-0.39, 0.29) is 11.7 Å².